The summed E-state index contributed by atoms with van der Waals surface area (Å²) in [7, 11) is -3.65. The molecule has 0 bridgehead atoms. The highest BCUT2D eigenvalue weighted by molar-refractivity contribution is 7.89. The lowest BCUT2D eigenvalue weighted by Crippen LogP contribution is -2.40. The number of hydrogen-bond acceptors (Lipinski definition) is 3. The summed E-state index contributed by atoms with van der Waals surface area (Å²) in [6.07, 6.45) is 1.47. The maximum Gasteiger partial charge on any atom is 0.243 e. The first-order valence-corrected chi connectivity index (χ1v) is 11.0. The Labute approximate surface area is 165 Å². The third-order valence-electron chi connectivity index (χ3n) is 5.62. The van der Waals surface area contributed by atoms with Gasteiger partial charge in [0.2, 0.25) is 10.0 Å². The Morgan fingerprint density at radius 1 is 0.857 bits per heavy atom. The average Bonchev–Trinajstić information content (AvgIpc) is 3.21. The molecule has 28 heavy (non-hydrogen) atoms. The van der Waals surface area contributed by atoms with Crippen LogP contribution in [0.3, 0.4) is 0 Å². The van der Waals surface area contributed by atoms with Gasteiger partial charge in [-0.15, -0.1) is 0 Å². The predicted molar refractivity (Wildman–Crippen MR) is 108 cm³/mol. The molecule has 0 aromatic heterocycles. The van der Waals surface area contributed by atoms with Crippen LogP contribution in [0.15, 0.2) is 77.7 Å². The minimum atomic E-state index is -3.65. The van der Waals surface area contributed by atoms with E-state index in [-0.39, 0.29) is 6.04 Å². The third-order valence-corrected chi connectivity index (χ3v) is 7.48. The van der Waals surface area contributed by atoms with Crippen LogP contribution >= 0.6 is 0 Å². The largest absolute Gasteiger partial charge is 0.493 e. The van der Waals surface area contributed by atoms with E-state index in [0.717, 1.165) is 28.9 Å². The van der Waals surface area contributed by atoms with Crippen LogP contribution in [0.5, 0.6) is 5.75 Å². The number of rotatable bonds is 3. The number of fused-ring (bicyclic) bond motifs is 2. The minimum Gasteiger partial charge on any atom is -0.493 e. The monoisotopic (exact) mass is 391 g/mol. The van der Waals surface area contributed by atoms with Gasteiger partial charge in [0.15, 0.2) is 0 Å². The quantitative estimate of drug-likeness (QED) is 0.679. The molecule has 0 amide bonds. The van der Waals surface area contributed by atoms with Gasteiger partial charge in [0, 0.05) is 13.0 Å². The first-order valence-electron chi connectivity index (χ1n) is 9.55. The first kappa shape index (κ1) is 17.5. The summed E-state index contributed by atoms with van der Waals surface area (Å²) in [5.74, 6) is 0.794. The van der Waals surface area contributed by atoms with Crippen LogP contribution in [0.4, 0.5) is 0 Å². The highest BCUT2D eigenvalue weighted by Crippen LogP contribution is 2.39. The summed E-state index contributed by atoms with van der Waals surface area (Å²) in [6, 6.07) is 23.0. The lowest BCUT2D eigenvalue weighted by atomic mass is 9.90. The standard InChI is InChI=1S/C23H21NO3S/c25-28(26,20-10-11-22-19(16-20)13-15-27-22)24-14-12-17-6-4-5-9-21(17)23(24)18-7-2-1-3-8-18/h1-11,16,23H,12-15H2/t23-/m1/s1. The molecular formula is C23H21NO3S. The topological polar surface area (TPSA) is 46.6 Å². The zero-order chi connectivity index (χ0) is 19.1. The summed E-state index contributed by atoms with van der Waals surface area (Å²) >= 11 is 0. The van der Waals surface area contributed by atoms with Crippen molar-refractivity contribution in [3.63, 3.8) is 0 Å². The molecule has 3 aromatic rings. The van der Waals surface area contributed by atoms with E-state index in [0.29, 0.717) is 24.5 Å². The van der Waals surface area contributed by atoms with Crippen LogP contribution in [-0.2, 0) is 22.9 Å². The SMILES string of the molecule is O=S(=O)(c1ccc2c(c1)CCO2)N1CCc2ccccc2[C@H]1c1ccccc1. The molecule has 3 aromatic carbocycles. The average molecular weight is 391 g/mol. The van der Waals surface area contributed by atoms with Gasteiger partial charge < -0.3 is 4.74 Å². The maximum atomic E-state index is 13.7. The molecular weight excluding hydrogens is 370 g/mol. The number of ether oxygens (including phenoxy) is 1. The van der Waals surface area contributed by atoms with Crippen molar-refractivity contribution in [2.75, 3.05) is 13.2 Å². The molecule has 2 heterocycles. The predicted octanol–water partition coefficient (Wildman–Crippen LogP) is 3.96. The zero-order valence-electron chi connectivity index (χ0n) is 15.4. The van der Waals surface area contributed by atoms with Crippen LogP contribution in [0, 0.1) is 0 Å². The summed E-state index contributed by atoms with van der Waals surface area (Å²) in [5.41, 5.74) is 4.23. The highest BCUT2D eigenvalue weighted by Gasteiger charge is 2.37. The van der Waals surface area contributed by atoms with Gasteiger partial charge in [0.1, 0.15) is 5.75 Å². The van der Waals surface area contributed by atoms with Gasteiger partial charge in [-0.2, -0.15) is 4.31 Å². The van der Waals surface area contributed by atoms with Crippen LogP contribution in [-0.4, -0.2) is 25.9 Å². The van der Waals surface area contributed by atoms with E-state index in [1.54, 1.807) is 22.5 Å². The molecule has 0 N–H and O–H groups in total. The van der Waals surface area contributed by atoms with E-state index < -0.39 is 10.0 Å². The summed E-state index contributed by atoms with van der Waals surface area (Å²) in [4.78, 5) is 0.345. The Balaban J connectivity index is 1.63. The second-order valence-electron chi connectivity index (χ2n) is 7.25. The number of hydrogen-bond donors (Lipinski definition) is 0. The zero-order valence-corrected chi connectivity index (χ0v) is 16.2. The van der Waals surface area contributed by atoms with E-state index in [4.69, 9.17) is 4.74 Å². The molecule has 142 valence electrons. The van der Waals surface area contributed by atoms with Crippen molar-refractivity contribution in [3.8, 4) is 5.75 Å². The molecule has 0 unspecified atom stereocenters. The van der Waals surface area contributed by atoms with Gasteiger partial charge >= 0.3 is 0 Å². The van der Waals surface area contributed by atoms with E-state index in [1.807, 2.05) is 48.5 Å². The Bertz CT molecular complexity index is 1130. The van der Waals surface area contributed by atoms with Crippen molar-refractivity contribution in [3.05, 3.63) is 95.1 Å². The molecule has 1 atom stereocenters. The van der Waals surface area contributed by atoms with Crippen LogP contribution < -0.4 is 4.74 Å². The number of sulfonamides is 1. The van der Waals surface area contributed by atoms with Gasteiger partial charge in [0.25, 0.3) is 0 Å². The van der Waals surface area contributed by atoms with Crippen LogP contribution in [0.1, 0.15) is 28.3 Å². The normalized spacial score (nSPS) is 18.9. The molecule has 0 aliphatic carbocycles. The molecule has 0 saturated heterocycles. The van der Waals surface area contributed by atoms with E-state index >= 15 is 0 Å². The Morgan fingerprint density at radius 2 is 1.64 bits per heavy atom. The van der Waals surface area contributed by atoms with Gasteiger partial charge in [-0.3, -0.25) is 0 Å². The van der Waals surface area contributed by atoms with Crippen molar-refractivity contribution in [2.24, 2.45) is 0 Å². The Morgan fingerprint density at radius 3 is 2.50 bits per heavy atom. The summed E-state index contributed by atoms with van der Waals surface area (Å²) in [6.45, 7) is 1.08. The fourth-order valence-electron chi connectivity index (χ4n) is 4.24. The molecule has 4 nitrogen and oxygen atoms in total. The van der Waals surface area contributed by atoms with Crippen molar-refractivity contribution < 1.29 is 13.2 Å². The lowest BCUT2D eigenvalue weighted by Gasteiger charge is -2.36. The number of benzene rings is 3. The van der Waals surface area contributed by atoms with Gasteiger partial charge in [-0.05, 0) is 46.9 Å². The highest BCUT2D eigenvalue weighted by atomic mass is 32.2. The van der Waals surface area contributed by atoms with E-state index in [9.17, 15) is 8.42 Å². The maximum absolute atomic E-state index is 13.7. The molecule has 5 heteroatoms. The van der Waals surface area contributed by atoms with Gasteiger partial charge in [0.05, 0.1) is 17.5 Å². The smallest absolute Gasteiger partial charge is 0.243 e. The second kappa shape index (κ2) is 6.76. The molecule has 0 saturated carbocycles. The summed E-state index contributed by atoms with van der Waals surface area (Å²) < 4.78 is 34.5. The van der Waals surface area contributed by atoms with E-state index in [1.165, 1.54) is 5.56 Å². The molecule has 2 aliphatic rings. The molecule has 0 spiro atoms. The first-order chi connectivity index (χ1) is 13.6. The van der Waals surface area contributed by atoms with Crippen molar-refractivity contribution in [1.29, 1.82) is 0 Å². The van der Waals surface area contributed by atoms with Gasteiger partial charge in [-0.1, -0.05) is 54.6 Å². The summed E-state index contributed by atoms with van der Waals surface area (Å²) in [5, 5.41) is 0. The number of nitrogens with zero attached hydrogens (tertiary/aromatic N) is 1. The Kier molecular flexibility index (Phi) is 4.22. The van der Waals surface area contributed by atoms with Crippen LogP contribution in [0.25, 0.3) is 0 Å². The lowest BCUT2D eigenvalue weighted by molar-refractivity contribution is 0.344. The minimum absolute atomic E-state index is 0.319. The molecule has 0 fully saturated rings. The third kappa shape index (κ3) is 2.82. The molecule has 5 rings (SSSR count). The van der Waals surface area contributed by atoms with Crippen molar-refractivity contribution >= 4 is 10.0 Å². The van der Waals surface area contributed by atoms with Crippen molar-refractivity contribution in [2.45, 2.75) is 23.8 Å². The van der Waals surface area contributed by atoms with Crippen LogP contribution in [0.2, 0.25) is 0 Å². The fourth-order valence-corrected chi connectivity index (χ4v) is 5.89. The Hall–Kier alpha value is -2.63. The second-order valence-corrected chi connectivity index (χ2v) is 9.14. The van der Waals surface area contributed by atoms with Crippen molar-refractivity contribution in [1.82, 2.24) is 4.31 Å². The fraction of sp³-hybridized carbons (Fsp3) is 0.217. The van der Waals surface area contributed by atoms with Gasteiger partial charge in [-0.25, -0.2) is 8.42 Å². The molecule has 0 radical (unpaired) electrons. The molecule has 2 aliphatic heterocycles. The van der Waals surface area contributed by atoms with E-state index in [2.05, 4.69) is 6.07 Å².